The van der Waals surface area contributed by atoms with Crippen LogP contribution >= 0.6 is 11.6 Å². The predicted molar refractivity (Wildman–Crippen MR) is 118 cm³/mol. The molecule has 3 aromatic rings. The highest BCUT2D eigenvalue weighted by atomic mass is 35.5. The van der Waals surface area contributed by atoms with Crippen LogP contribution in [0.15, 0.2) is 28.7 Å². The van der Waals surface area contributed by atoms with E-state index in [0.29, 0.717) is 35.3 Å². The van der Waals surface area contributed by atoms with Gasteiger partial charge in [0.25, 0.3) is 5.91 Å². The molecule has 30 heavy (non-hydrogen) atoms. The molecule has 1 aliphatic rings. The molecule has 1 N–H and O–H groups in total. The Hall–Kier alpha value is -2.64. The van der Waals surface area contributed by atoms with Gasteiger partial charge in [-0.1, -0.05) is 11.6 Å². The van der Waals surface area contributed by atoms with Crippen LogP contribution in [-0.4, -0.2) is 48.5 Å². The molecule has 1 aliphatic heterocycles. The van der Waals surface area contributed by atoms with Crippen LogP contribution in [0.2, 0.25) is 5.02 Å². The van der Waals surface area contributed by atoms with Crippen LogP contribution in [-0.2, 0) is 6.54 Å². The number of aromatic nitrogens is 2. The molecule has 0 aliphatic carbocycles. The van der Waals surface area contributed by atoms with Gasteiger partial charge in [-0.2, -0.15) is 0 Å². The molecule has 8 heteroatoms. The molecule has 1 atom stereocenters. The fourth-order valence-electron chi connectivity index (χ4n) is 3.96. The van der Waals surface area contributed by atoms with E-state index in [4.69, 9.17) is 26.0 Å². The van der Waals surface area contributed by atoms with E-state index in [2.05, 4.69) is 5.32 Å². The fourth-order valence-corrected chi connectivity index (χ4v) is 4.13. The van der Waals surface area contributed by atoms with Gasteiger partial charge >= 0.3 is 0 Å². The second-order valence-corrected chi connectivity index (χ2v) is 8.29. The average Bonchev–Trinajstić information content (AvgIpc) is 3.33. The van der Waals surface area contributed by atoms with Gasteiger partial charge in [0.1, 0.15) is 11.4 Å². The van der Waals surface area contributed by atoms with Crippen LogP contribution in [0.1, 0.15) is 46.5 Å². The zero-order valence-electron chi connectivity index (χ0n) is 17.7. The minimum Gasteiger partial charge on any atom is -0.451 e. The average molecular weight is 428 g/mol. The minimum absolute atomic E-state index is 0.128. The second-order valence-electron chi connectivity index (χ2n) is 7.85. The van der Waals surface area contributed by atoms with Crippen molar-refractivity contribution in [1.82, 2.24) is 20.2 Å². The molecule has 7 nitrogen and oxygen atoms in total. The number of carbonyl (C=O) groups is 1. The number of rotatable bonds is 5. The van der Waals surface area contributed by atoms with Crippen molar-refractivity contribution in [2.45, 2.75) is 32.4 Å². The third kappa shape index (κ3) is 3.75. The molecular formula is C22H26ClN5O2. The lowest BCUT2D eigenvalue weighted by atomic mass is 10.1. The number of hydrogen-bond donors (Lipinski definition) is 1. The first kappa shape index (κ1) is 20.6. The molecule has 2 aromatic heterocycles. The van der Waals surface area contributed by atoms with E-state index in [9.17, 15) is 4.79 Å². The van der Waals surface area contributed by atoms with Crippen LogP contribution in [0.25, 0.3) is 11.0 Å². The van der Waals surface area contributed by atoms with Crippen LogP contribution in [0.5, 0.6) is 0 Å². The Labute approximate surface area is 181 Å². The number of benzene rings is 1. The van der Waals surface area contributed by atoms with Crippen LogP contribution in [0.3, 0.4) is 0 Å². The maximum atomic E-state index is 13.5. The number of likely N-dealkylation sites (tertiary alicyclic amines) is 1. The van der Waals surface area contributed by atoms with Crippen molar-refractivity contribution < 1.29 is 9.21 Å². The molecular weight excluding hydrogens is 402 g/mol. The SMILES string of the molecule is CNCc1cc(N(C)C)nc([C@H]2CCCN2C(=O)c2oc3ccc(Cl)cc3c2C)n1. The largest absolute Gasteiger partial charge is 0.451 e. The highest BCUT2D eigenvalue weighted by Crippen LogP contribution is 2.35. The third-order valence-corrected chi connectivity index (χ3v) is 5.74. The first-order valence-electron chi connectivity index (χ1n) is 10.1. The number of amides is 1. The summed E-state index contributed by atoms with van der Waals surface area (Å²) >= 11 is 6.13. The summed E-state index contributed by atoms with van der Waals surface area (Å²) < 4.78 is 5.93. The Morgan fingerprint density at radius 1 is 1.33 bits per heavy atom. The van der Waals surface area contributed by atoms with Crippen LogP contribution in [0.4, 0.5) is 5.82 Å². The van der Waals surface area contributed by atoms with Crippen LogP contribution in [0, 0.1) is 6.92 Å². The first-order valence-corrected chi connectivity index (χ1v) is 10.5. The van der Waals surface area contributed by atoms with E-state index in [1.807, 2.05) is 50.0 Å². The van der Waals surface area contributed by atoms with Crippen LogP contribution < -0.4 is 10.2 Å². The molecule has 0 bridgehead atoms. The van der Waals surface area contributed by atoms with Crippen molar-refractivity contribution in [3.8, 4) is 0 Å². The van der Waals surface area contributed by atoms with Crippen molar-refractivity contribution in [3.05, 3.63) is 52.1 Å². The minimum atomic E-state index is -0.177. The lowest BCUT2D eigenvalue weighted by Gasteiger charge is -2.24. The first-order chi connectivity index (χ1) is 14.4. The smallest absolute Gasteiger partial charge is 0.290 e. The summed E-state index contributed by atoms with van der Waals surface area (Å²) in [6.07, 6.45) is 1.73. The molecule has 1 aromatic carbocycles. The molecule has 0 radical (unpaired) electrons. The lowest BCUT2D eigenvalue weighted by molar-refractivity contribution is 0.0698. The molecule has 1 fully saturated rings. The van der Waals surface area contributed by atoms with Gasteiger partial charge in [0.05, 0.1) is 11.7 Å². The third-order valence-electron chi connectivity index (χ3n) is 5.50. The molecule has 4 rings (SSSR count). The highest BCUT2D eigenvalue weighted by molar-refractivity contribution is 6.31. The molecule has 0 spiro atoms. The summed E-state index contributed by atoms with van der Waals surface area (Å²) in [5.41, 5.74) is 2.38. The van der Waals surface area contributed by atoms with Gasteiger partial charge in [0.2, 0.25) is 0 Å². The Bertz CT molecular complexity index is 1090. The number of anilines is 1. The summed E-state index contributed by atoms with van der Waals surface area (Å²) in [5, 5.41) is 4.62. The second kappa shape index (κ2) is 8.24. The Morgan fingerprint density at radius 3 is 2.87 bits per heavy atom. The zero-order valence-corrected chi connectivity index (χ0v) is 18.5. The van der Waals surface area contributed by atoms with Crippen molar-refractivity contribution in [3.63, 3.8) is 0 Å². The van der Waals surface area contributed by atoms with E-state index in [1.165, 1.54) is 0 Å². The maximum Gasteiger partial charge on any atom is 0.290 e. The van der Waals surface area contributed by atoms with Gasteiger partial charge in [-0.3, -0.25) is 4.79 Å². The van der Waals surface area contributed by atoms with E-state index < -0.39 is 0 Å². The van der Waals surface area contributed by atoms with Gasteiger partial charge in [-0.05, 0) is 45.0 Å². The van der Waals surface area contributed by atoms with Gasteiger partial charge in [0, 0.05) is 49.2 Å². The zero-order chi connectivity index (χ0) is 21.4. The van der Waals surface area contributed by atoms with E-state index in [0.717, 1.165) is 35.3 Å². The fraction of sp³-hybridized carbons (Fsp3) is 0.409. The van der Waals surface area contributed by atoms with Gasteiger partial charge in [-0.25, -0.2) is 9.97 Å². The standard InChI is InChI=1S/C22H26ClN5O2/c1-13-16-10-14(23)7-8-18(16)30-20(13)22(29)28-9-5-6-17(28)21-25-15(12-24-2)11-19(26-21)27(3)4/h7-8,10-11,17,24H,5-6,9,12H2,1-4H3/t17-/m1/s1. The number of nitrogens with zero attached hydrogens (tertiary/aromatic N) is 4. The summed E-state index contributed by atoms with van der Waals surface area (Å²) in [6, 6.07) is 7.19. The number of aryl methyl sites for hydroxylation is 1. The quantitative estimate of drug-likeness (QED) is 0.664. The highest BCUT2D eigenvalue weighted by Gasteiger charge is 2.35. The van der Waals surface area contributed by atoms with Gasteiger partial charge < -0.3 is 19.5 Å². The number of carbonyl (C=O) groups excluding carboxylic acids is 1. The summed E-state index contributed by atoms with van der Waals surface area (Å²) in [4.78, 5) is 26.7. The number of furan rings is 1. The van der Waals surface area contributed by atoms with E-state index in [-0.39, 0.29) is 11.9 Å². The lowest BCUT2D eigenvalue weighted by Crippen LogP contribution is -2.32. The number of nitrogens with one attached hydrogen (secondary N) is 1. The Balaban J connectivity index is 1.70. The van der Waals surface area contributed by atoms with Crippen molar-refractivity contribution in [2.24, 2.45) is 0 Å². The van der Waals surface area contributed by atoms with Crippen molar-refractivity contribution >= 4 is 34.3 Å². The number of fused-ring (bicyclic) bond motifs is 1. The monoisotopic (exact) mass is 427 g/mol. The van der Waals surface area contributed by atoms with E-state index in [1.54, 1.807) is 12.1 Å². The molecule has 0 unspecified atom stereocenters. The molecule has 3 heterocycles. The summed E-state index contributed by atoms with van der Waals surface area (Å²) in [7, 11) is 5.80. The molecule has 158 valence electrons. The van der Waals surface area contributed by atoms with Crippen molar-refractivity contribution in [2.75, 3.05) is 32.6 Å². The Kier molecular flexibility index (Phi) is 5.66. The topological polar surface area (TPSA) is 74.5 Å². The number of halogens is 1. The maximum absolute atomic E-state index is 13.5. The molecule has 1 amide bonds. The summed E-state index contributed by atoms with van der Waals surface area (Å²) in [5.74, 6) is 1.74. The van der Waals surface area contributed by atoms with E-state index >= 15 is 0 Å². The van der Waals surface area contributed by atoms with Gasteiger partial charge in [0.15, 0.2) is 11.6 Å². The van der Waals surface area contributed by atoms with Crippen molar-refractivity contribution in [1.29, 1.82) is 0 Å². The predicted octanol–water partition coefficient (Wildman–Crippen LogP) is 3.95. The summed E-state index contributed by atoms with van der Waals surface area (Å²) in [6.45, 7) is 3.19. The Morgan fingerprint density at radius 2 is 2.13 bits per heavy atom. The van der Waals surface area contributed by atoms with Gasteiger partial charge in [-0.15, -0.1) is 0 Å². The number of hydrogen-bond acceptors (Lipinski definition) is 6. The normalized spacial score (nSPS) is 16.4. The molecule has 1 saturated heterocycles. The molecule has 0 saturated carbocycles.